The van der Waals surface area contributed by atoms with E-state index in [9.17, 15) is 4.79 Å². The number of hydrogen-bond acceptors (Lipinski definition) is 3. The van der Waals surface area contributed by atoms with Crippen LogP contribution >= 0.6 is 0 Å². The van der Waals surface area contributed by atoms with Crippen molar-refractivity contribution in [2.24, 2.45) is 0 Å². The van der Waals surface area contributed by atoms with E-state index in [4.69, 9.17) is 9.84 Å². The fraction of sp³-hybridized carbons (Fsp3) is 0.833. The number of amides is 1. The number of aliphatic hydroxyl groups is 1. The Labute approximate surface area is 58.4 Å². The van der Waals surface area contributed by atoms with Crippen LogP contribution in [0.4, 0.5) is 0 Å². The zero-order chi connectivity index (χ0) is 7.14. The second-order valence-electron chi connectivity index (χ2n) is 2.69. The van der Waals surface area contributed by atoms with E-state index in [0.717, 1.165) is 0 Å². The van der Waals surface area contributed by atoms with Crippen LogP contribution in [0, 0.1) is 0 Å². The quantitative estimate of drug-likeness (QED) is 0.439. The van der Waals surface area contributed by atoms with Crippen molar-refractivity contribution in [2.45, 2.75) is 18.8 Å². The largest absolute Gasteiger partial charge is 0.389 e. The van der Waals surface area contributed by atoms with Crippen molar-refractivity contribution in [1.29, 1.82) is 0 Å². The third kappa shape index (κ3) is 0.726. The van der Waals surface area contributed by atoms with Crippen molar-refractivity contribution in [1.82, 2.24) is 4.90 Å². The van der Waals surface area contributed by atoms with Gasteiger partial charge in [-0.1, -0.05) is 0 Å². The number of ether oxygens (including phenoxy) is 1. The van der Waals surface area contributed by atoms with Crippen molar-refractivity contribution in [3.8, 4) is 0 Å². The van der Waals surface area contributed by atoms with Crippen molar-refractivity contribution in [3.05, 3.63) is 0 Å². The molecular formula is C6H9NO3. The predicted molar refractivity (Wildman–Crippen MR) is 32.1 cm³/mol. The number of fused-ring (bicyclic) bond motifs is 1. The molecular weight excluding hydrogens is 134 g/mol. The zero-order valence-corrected chi connectivity index (χ0v) is 5.49. The van der Waals surface area contributed by atoms with Gasteiger partial charge in [-0.25, -0.2) is 0 Å². The summed E-state index contributed by atoms with van der Waals surface area (Å²) in [6, 6.07) is 0. The van der Waals surface area contributed by atoms with E-state index in [1.807, 2.05) is 0 Å². The minimum Gasteiger partial charge on any atom is -0.389 e. The number of aliphatic hydroxyl groups excluding tert-OH is 1. The van der Waals surface area contributed by atoms with Crippen LogP contribution in [0.5, 0.6) is 0 Å². The Kier molecular flexibility index (Phi) is 1.18. The minimum atomic E-state index is -0.486. The first kappa shape index (κ1) is 6.12. The molecule has 2 aliphatic heterocycles. The van der Waals surface area contributed by atoms with Gasteiger partial charge in [0.1, 0.15) is 6.23 Å². The topological polar surface area (TPSA) is 49.8 Å². The molecule has 4 heteroatoms. The first-order valence-electron chi connectivity index (χ1n) is 3.36. The van der Waals surface area contributed by atoms with E-state index in [-0.39, 0.29) is 12.1 Å². The van der Waals surface area contributed by atoms with Crippen LogP contribution < -0.4 is 0 Å². The van der Waals surface area contributed by atoms with Gasteiger partial charge < -0.3 is 14.7 Å². The summed E-state index contributed by atoms with van der Waals surface area (Å²) in [5.41, 5.74) is 0. The Bertz CT molecular complexity index is 170. The van der Waals surface area contributed by atoms with Gasteiger partial charge in [-0.15, -0.1) is 0 Å². The summed E-state index contributed by atoms with van der Waals surface area (Å²) in [5.74, 6) is 0.0868. The average molecular weight is 143 g/mol. The molecule has 2 unspecified atom stereocenters. The molecule has 2 rings (SSSR count). The number of carbonyl (C=O) groups excluding carboxylic acids is 1. The van der Waals surface area contributed by atoms with Crippen LogP contribution in [0.25, 0.3) is 0 Å². The van der Waals surface area contributed by atoms with Crippen LogP contribution in [0.15, 0.2) is 0 Å². The Morgan fingerprint density at radius 3 is 3.10 bits per heavy atom. The maximum absolute atomic E-state index is 10.7. The summed E-state index contributed by atoms with van der Waals surface area (Å²) < 4.78 is 5.11. The summed E-state index contributed by atoms with van der Waals surface area (Å²) in [6.45, 7) is 0.817. The van der Waals surface area contributed by atoms with Crippen molar-refractivity contribution in [2.75, 3.05) is 13.2 Å². The molecule has 1 N–H and O–H groups in total. The van der Waals surface area contributed by atoms with E-state index < -0.39 is 6.10 Å². The number of β-lactam (4-membered cyclic amide) rings is 1. The highest BCUT2D eigenvalue weighted by Crippen LogP contribution is 2.23. The Hall–Kier alpha value is -0.610. The normalized spacial score (nSPS) is 38.9. The Morgan fingerprint density at radius 2 is 2.50 bits per heavy atom. The smallest absolute Gasteiger partial charge is 0.229 e. The number of hydrogen-bond donors (Lipinski definition) is 1. The second-order valence-corrected chi connectivity index (χ2v) is 2.69. The molecule has 0 aliphatic carbocycles. The molecule has 2 fully saturated rings. The van der Waals surface area contributed by atoms with E-state index >= 15 is 0 Å². The van der Waals surface area contributed by atoms with Gasteiger partial charge >= 0.3 is 0 Å². The predicted octanol–water partition coefficient (Wildman–Crippen LogP) is -1.06. The standard InChI is InChI=1S/C6H9NO3/c8-4-2-7-5(9)1-6(7)10-3-4/h4,6,8H,1-3H2. The minimum absolute atomic E-state index is 0.0316. The molecule has 0 radical (unpaired) electrons. The average Bonchev–Trinajstić information content (AvgIpc) is 1.92. The molecule has 2 heterocycles. The van der Waals surface area contributed by atoms with E-state index in [2.05, 4.69) is 0 Å². The summed E-state index contributed by atoms with van der Waals surface area (Å²) in [4.78, 5) is 12.3. The van der Waals surface area contributed by atoms with E-state index in [1.54, 1.807) is 4.90 Å². The maximum Gasteiger partial charge on any atom is 0.229 e. The van der Waals surface area contributed by atoms with Gasteiger partial charge in [0.25, 0.3) is 0 Å². The SMILES string of the molecule is O=C1CC2OCC(O)CN12. The van der Waals surface area contributed by atoms with Crippen LogP contribution in [-0.4, -0.2) is 41.4 Å². The molecule has 0 bridgehead atoms. The van der Waals surface area contributed by atoms with Crippen molar-refractivity contribution >= 4 is 5.91 Å². The fourth-order valence-electron chi connectivity index (χ4n) is 1.30. The lowest BCUT2D eigenvalue weighted by molar-refractivity contribution is -0.201. The summed E-state index contributed by atoms with van der Waals surface area (Å²) in [7, 11) is 0. The molecule has 56 valence electrons. The van der Waals surface area contributed by atoms with Gasteiger partial charge in [0.2, 0.25) is 5.91 Å². The van der Waals surface area contributed by atoms with Crippen LogP contribution in [0.1, 0.15) is 6.42 Å². The number of rotatable bonds is 0. The molecule has 2 atom stereocenters. The number of nitrogens with zero attached hydrogens (tertiary/aromatic N) is 1. The zero-order valence-electron chi connectivity index (χ0n) is 5.49. The van der Waals surface area contributed by atoms with Crippen LogP contribution in [-0.2, 0) is 9.53 Å². The monoisotopic (exact) mass is 143 g/mol. The van der Waals surface area contributed by atoms with E-state index in [1.165, 1.54) is 0 Å². The molecule has 10 heavy (non-hydrogen) atoms. The molecule has 0 spiro atoms. The highest BCUT2D eigenvalue weighted by atomic mass is 16.5. The molecule has 0 aromatic carbocycles. The van der Waals surface area contributed by atoms with E-state index in [0.29, 0.717) is 19.6 Å². The van der Waals surface area contributed by atoms with Gasteiger partial charge in [0.05, 0.1) is 25.7 Å². The third-order valence-electron chi connectivity index (χ3n) is 1.91. The molecule has 2 saturated heterocycles. The third-order valence-corrected chi connectivity index (χ3v) is 1.91. The van der Waals surface area contributed by atoms with Crippen LogP contribution in [0.2, 0.25) is 0 Å². The van der Waals surface area contributed by atoms with Gasteiger partial charge in [0.15, 0.2) is 0 Å². The van der Waals surface area contributed by atoms with Gasteiger partial charge in [-0.05, 0) is 0 Å². The lowest BCUT2D eigenvalue weighted by Gasteiger charge is -2.44. The van der Waals surface area contributed by atoms with Crippen LogP contribution in [0.3, 0.4) is 0 Å². The molecule has 0 saturated carbocycles. The first-order chi connectivity index (χ1) is 4.77. The molecule has 4 nitrogen and oxygen atoms in total. The highest BCUT2D eigenvalue weighted by molar-refractivity contribution is 5.82. The first-order valence-corrected chi connectivity index (χ1v) is 3.36. The molecule has 0 aromatic rings. The molecule has 0 aromatic heterocycles. The summed E-state index contributed by atoms with van der Waals surface area (Å²) in [6.07, 6.45) is -0.0244. The molecule has 1 amide bonds. The van der Waals surface area contributed by atoms with Gasteiger partial charge in [-0.2, -0.15) is 0 Å². The van der Waals surface area contributed by atoms with Crippen molar-refractivity contribution < 1.29 is 14.6 Å². The summed E-state index contributed by atoms with van der Waals surface area (Å²) >= 11 is 0. The Morgan fingerprint density at radius 1 is 1.70 bits per heavy atom. The van der Waals surface area contributed by atoms with Crippen molar-refractivity contribution in [3.63, 3.8) is 0 Å². The van der Waals surface area contributed by atoms with Gasteiger partial charge in [0, 0.05) is 0 Å². The highest BCUT2D eigenvalue weighted by Gasteiger charge is 2.41. The lowest BCUT2D eigenvalue weighted by atomic mass is 10.1. The fourth-order valence-corrected chi connectivity index (χ4v) is 1.30. The molecule has 2 aliphatic rings. The second kappa shape index (κ2) is 1.93. The van der Waals surface area contributed by atoms with Gasteiger partial charge in [-0.3, -0.25) is 4.79 Å². The number of carbonyl (C=O) groups is 1. The summed E-state index contributed by atoms with van der Waals surface area (Å²) in [5, 5.41) is 9.03. The lowest BCUT2D eigenvalue weighted by Crippen LogP contribution is -2.60. The maximum atomic E-state index is 10.7. The Balaban J connectivity index is 2.00.